The van der Waals surface area contributed by atoms with Crippen LogP contribution in [-0.2, 0) is 4.74 Å². The minimum Gasteiger partial charge on any atom is -0.458 e. The molecule has 1 saturated carbocycles. The van der Waals surface area contributed by atoms with Gasteiger partial charge < -0.3 is 10.5 Å². The number of rotatable bonds is 3. The van der Waals surface area contributed by atoms with Crippen LogP contribution in [0.2, 0.25) is 0 Å². The SMILES string of the molecule is Cc1cccc(-n2nnc(C(=O)OC3CCCCC3)c2N)c1C. The van der Waals surface area contributed by atoms with Crippen LogP contribution in [-0.4, -0.2) is 27.1 Å². The number of carbonyl (C=O) groups is 1. The first-order chi connectivity index (χ1) is 11.1. The summed E-state index contributed by atoms with van der Waals surface area (Å²) in [7, 11) is 0. The summed E-state index contributed by atoms with van der Waals surface area (Å²) in [5.41, 5.74) is 9.20. The zero-order valence-electron chi connectivity index (χ0n) is 13.6. The van der Waals surface area contributed by atoms with Crippen molar-refractivity contribution in [2.24, 2.45) is 0 Å². The van der Waals surface area contributed by atoms with Gasteiger partial charge in [0.2, 0.25) is 5.69 Å². The van der Waals surface area contributed by atoms with Crippen molar-refractivity contribution >= 4 is 11.8 Å². The molecule has 0 aliphatic heterocycles. The summed E-state index contributed by atoms with van der Waals surface area (Å²) in [6, 6.07) is 5.85. The Kier molecular flexibility index (Phi) is 4.32. The van der Waals surface area contributed by atoms with Gasteiger partial charge >= 0.3 is 5.97 Å². The first kappa shape index (κ1) is 15.5. The third-order valence-corrected chi connectivity index (χ3v) is 4.53. The lowest BCUT2D eigenvalue weighted by molar-refractivity contribution is 0.0205. The van der Waals surface area contributed by atoms with E-state index < -0.39 is 5.97 Å². The molecule has 1 fully saturated rings. The van der Waals surface area contributed by atoms with Crippen molar-refractivity contribution in [2.75, 3.05) is 5.73 Å². The van der Waals surface area contributed by atoms with E-state index in [-0.39, 0.29) is 17.6 Å². The standard InChI is InChI=1S/C17H22N4O2/c1-11-7-6-10-14(12(11)2)21-16(18)15(19-20-21)17(22)23-13-8-4-3-5-9-13/h6-7,10,13H,3-5,8-9,18H2,1-2H3. The monoisotopic (exact) mass is 314 g/mol. The lowest BCUT2D eigenvalue weighted by Gasteiger charge is -2.21. The average Bonchev–Trinajstić information content (AvgIpc) is 2.93. The molecule has 0 saturated heterocycles. The molecule has 122 valence electrons. The molecule has 1 aromatic carbocycles. The number of anilines is 1. The van der Waals surface area contributed by atoms with Crippen molar-refractivity contribution in [1.29, 1.82) is 0 Å². The van der Waals surface area contributed by atoms with Crippen LogP contribution in [0.3, 0.4) is 0 Å². The minimum atomic E-state index is -0.481. The third kappa shape index (κ3) is 3.06. The fourth-order valence-electron chi connectivity index (χ4n) is 2.97. The first-order valence-corrected chi connectivity index (χ1v) is 8.06. The van der Waals surface area contributed by atoms with E-state index >= 15 is 0 Å². The molecule has 23 heavy (non-hydrogen) atoms. The van der Waals surface area contributed by atoms with Gasteiger partial charge in [0, 0.05) is 0 Å². The molecule has 2 aromatic rings. The van der Waals surface area contributed by atoms with E-state index in [1.54, 1.807) is 0 Å². The summed E-state index contributed by atoms with van der Waals surface area (Å²) in [5.74, 6) is -0.259. The van der Waals surface area contributed by atoms with Crippen molar-refractivity contribution in [1.82, 2.24) is 15.0 Å². The van der Waals surface area contributed by atoms with E-state index in [4.69, 9.17) is 10.5 Å². The van der Waals surface area contributed by atoms with Gasteiger partial charge in [0.15, 0.2) is 5.82 Å². The number of aromatic nitrogens is 3. The maximum absolute atomic E-state index is 12.3. The molecule has 1 heterocycles. The molecule has 0 spiro atoms. The maximum atomic E-state index is 12.3. The first-order valence-electron chi connectivity index (χ1n) is 8.06. The van der Waals surface area contributed by atoms with E-state index in [9.17, 15) is 4.79 Å². The van der Waals surface area contributed by atoms with Gasteiger partial charge in [-0.15, -0.1) is 5.10 Å². The van der Waals surface area contributed by atoms with Crippen LogP contribution in [0.15, 0.2) is 18.2 Å². The Hall–Kier alpha value is -2.37. The Morgan fingerprint density at radius 1 is 1.26 bits per heavy atom. The van der Waals surface area contributed by atoms with Gasteiger partial charge in [-0.05, 0) is 56.7 Å². The largest absolute Gasteiger partial charge is 0.458 e. The van der Waals surface area contributed by atoms with Crippen LogP contribution in [0.5, 0.6) is 0 Å². The highest BCUT2D eigenvalue weighted by Gasteiger charge is 2.24. The van der Waals surface area contributed by atoms with Crippen molar-refractivity contribution in [2.45, 2.75) is 52.1 Å². The fraction of sp³-hybridized carbons (Fsp3) is 0.471. The van der Waals surface area contributed by atoms with Crippen molar-refractivity contribution in [3.8, 4) is 5.69 Å². The van der Waals surface area contributed by atoms with E-state index in [1.165, 1.54) is 11.1 Å². The molecule has 1 aliphatic rings. The number of esters is 1. The maximum Gasteiger partial charge on any atom is 0.363 e. The number of carbonyl (C=O) groups excluding carboxylic acids is 1. The number of hydrogen-bond donors (Lipinski definition) is 1. The van der Waals surface area contributed by atoms with Gasteiger partial charge in [-0.2, -0.15) is 4.68 Å². The normalized spacial score (nSPS) is 15.6. The number of benzene rings is 1. The highest BCUT2D eigenvalue weighted by atomic mass is 16.5. The quantitative estimate of drug-likeness (QED) is 0.881. The second kappa shape index (κ2) is 6.40. The summed E-state index contributed by atoms with van der Waals surface area (Å²) in [4.78, 5) is 12.3. The molecule has 0 amide bonds. The molecule has 0 radical (unpaired) electrons. The lowest BCUT2D eigenvalue weighted by Crippen LogP contribution is -2.21. The van der Waals surface area contributed by atoms with Gasteiger partial charge in [0.25, 0.3) is 0 Å². The van der Waals surface area contributed by atoms with Crippen LogP contribution in [0.25, 0.3) is 5.69 Å². The summed E-state index contributed by atoms with van der Waals surface area (Å²) in [6.07, 6.45) is 5.21. The molecule has 6 heteroatoms. The third-order valence-electron chi connectivity index (χ3n) is 4.53. The highest BCUT2D eigenvalue weighted by Crippen LogP contribution is 2.24. The Labute approximate surface area is 135 Å². The molecule has 2 N–H and O–H groups in total. The summed E-state index contributed by atoms with van der Waals surface area (Å²) in [6.45, 7) is 4.01. The van der Waals surface area contributed by atoms with Crippen LogP contribution < -0.4 is 5.73 Å². The molecule has 0 atom stereocenters. The average molecular weight is 314 g/mol. The number of aryl methyl sites for hydroxylation is 1. The summed E-state index contributed by atoms with van der Waals surface area (Å²) < 4.78 is 7.03. The van der Waals surface area contributed by atoms with Gasteiger partial charge in [-0.25, -0.2) is 4.79 Å². The van der Waals surface area contributed by atoms with Gasteiger partial charge in [-0.1, -0.05) is 23.8 Å². The number of ether oxygens (including phenoxy) is 1. The fourth-order valence-corrected chi connectivity index (χ4v) is 2.97. The van der Waals surface area contributed by atoms with Crippen LogP contribution >= 0.6 is 0 Å². The van der Waals surface area contributed by atoms with Crippen molar-refractivity contribution in [3.05, 3.63) is 35.0 Å². The summed E-state index contributed by atoms with van der Waals surface area (Å²) >= 11 is 0. The predicted molar refractivity (Wildman–Crippen MR) is 87.5 cm³/mol. The molecule has 0 unspecified atom stereocenters. The van der Waals surface area contributed by atoms with Crippen molar-refractivity contribution < 1.29 is 9.53 Å². The second-order valence-corrected chi connectivity index (χ2v) is 6.12. The van der Waals surface area contributed by atoms with E-state index in [0.29, 0.717) is 0 Å². The van der Waals surface area contributed by atoms with Crippen molar-refractivity contribution in [3.63, 3.8) is 0 Å². The zero-order chi connectivity index (χ0) is 16.4. The highest BCUT2D eigenvalue weighted by molar-refractivity contribution is 5.92. The number of hydrogen-bond acceptors (Lipinski definition) is 5. The van der Waals surface area contributed by atoms with Gasteiger partial charge in [0.05, 0.1) is 5.69 Å². The molecule has 6 nitrogen and oxygen atoms in total. The summed E-state index contributed by atoms with van der Waals surface area (Å²) in [5, 5.41) is 7.98. The predicted octanol–water partition coefficient (Wildman–Crippen LogP) is 2.96. The van der Waals surface area contributed by atoms with Crippen LogP contribution in [0.1, 0.15) is 53.7 Å². The zero-order valence-corrected chi connectivity index (χ0v) is 13.6. The van der Waals surface area contributed by atoms with E-state index in [1.807, 2.05) is 32.0 Å². The Bertz CT molecular complexity index is 717. The lowest BCUT2D eigenvalue weighted by atomic mass is 9.98. The van der Waals surface area contributed by atoms with E-state index in [0.717, 1.165) is 42.5 Å². The van der Waals surface area contributed by atoms with E-state index in [2.05, 4.69) is 10.3 Å². The molecule has 0 bridgehead atoms. The van der Waals surface area contributed by atoms with Gasteiger partial charge in [-0.3, -0.25) is 0 Å². The second-order valence-electron chi connectivity index (χ2n) is 6.12. The number of nitrogen functional groups attached to an aromatic ring is 1. The molecule has 1 aliphatic carbocycles. The molecule has 3 rings (SSSR count). The Balaban J connectivity index is 1.84. The molecular formula is C17H22N4O2. The number of nitrogens with two attached hydrogens (primary N) is 1. The Morgan fingerprint density at radius 2 is 2.00 bits per heavy atom. The smallest absolute Gasteiger partial charge is 0.363 e. The molecule has 1 aromatic heterocycles. The van der Waals surface area contributed by atoms with Gasteiger partial charge in [0.1, 0.15) is 6.10 Å². The topological polar surface area (TPSA) is 83.0 Å². The van der Waals surface area contributed by atoms with Crippen LogP contribution in [0.4, 0.5) is 5.82 Å². The Morgan fingerprint density at radius 3 is 2.74 bits per heavy atom. The number of nitrogens with zero attached hydrogens (tertiary/aromatic N) is 3. The molecular weight excluding hydrogens is 292 g/mol. The van der Waals surface area contributed by atoms with Crippen LogP contribution in [0, 0.1) is 13.8 Å². The minimum absolute atomic E-state index is 0.0264.